The molecular weight excluding hydrogens is 270 g/mol. The molecule has 20 heavy (non-hydrogen) atoms. The molecule has 0 bridgehead atoms. The fraction of sp³-hybridized carbons (Fsp3) is 0.412. The molecule has 2 aliphatic rings. The summed E-state index contributed by atoms with van der Waals surface area (Å²) >= 11 is 6.20. The largest absolute Gasteiger partial charge is 0.507 e. The van der Waals surface area contributed by atoms with Gasteiger partial charge < -0.3 is 10.0 Å². The van der Waals surface area contributed by atoms with Gasteiger partial charge >= 0.3 is 0 Å². The van der Waals surface area contributed by atoms with Gasteiger partial charge in [-0.1, -0.05) is 12.1 Å². The minimum atomic E-state index is 0.367. The van der Waals surface area contributed by atoms with Crippen LogP contribution in [0.2, 0.25) is 0 Å². The number of fused-ring (bicyclic) bond motifs is 5. The van der Waals surface area contributed by atoms with Crippen molar-refractivity contribution in [2.75, 3.05) is 24.4 Å². The molecule has 0 saturated carbocycles. The van der Waals surface area contributed by atoms with Crippen LogP contribution in [0.15, 0.2) is 18.2 Å². The topological polar surface area (TPSA) is 23.5 Å². The minimum absolute atomic E-state index is 0.367. The average molecular weight is 288 g/mol. The van der Waals surface area contributed by atoms with Gasteiger partial charge in [0.05, 0.1) is 0 Å². The third kappa shape index (κ3) is 1.51. The van der Waals surface area contributed by atoms with Crippen molar-refractivity contribution in [3.63, 3.8) is 0 Å². The van der Waals surface area contributed by atoms with E-state index in [2.05, 4.69) is 24.1 Å². The number of phenolic OH excluding ortho intramolecular Hbond substituents is 1. The maximum absolute atomic E-state index is 10.4. The smallest absolute Gasteiger partial charge is 0.125 e. The molecule has 0 saturated heterocycles. The lowest BCUT2D eigenvalue weighted by Gasteiger charge is -2.16. The number of hydrogen-bond donors (Lipinski definition) is 1. The Morgan fingerprint density at radius 2 is 2.20 bits per heavy atom. The zero-order valence-corrected chi connectivity index (χ0v) is 12.4. The Kier molecular flexibility index (Phi) is 2.65. The standard InChI is InChI=1S/C17H18ClNO/c1-19-9-11(8-18)16-14(19)7-15(20)13-6-5-10-3-2-4-12(10)17(13)16/h5-7,11,20H,2-4,8-9H2,1H3/t11-/m1/s1. The van der Waals surface area contributed by atoms with Crippen LogP contribution in [0.1, 0.15) is 29.0 Å². The van der Waals surface area contributed by atoms with Crippen LogP contribution >= 0.6 is 11.6 Å². The highest BCUT2D eigenvalue weighted by molar-refractivity contribution is 6.19. The number of aryl methyl sites for hydroxylation is 2. The van der Waals surface area contributed by atoms with E-state index >= 15 is 0 Å². The molecule has 0 radical (unpaired) electrons. The Bertz CT molecular complexity index is 710. The molecule has 0 spiro atoms. The molecule has 1 aliphatic carbocycles. The highest BCUT2D eigenvalue weighted by atomic mass is 35.5. The van der Waals surface area contributed by atoms with E-state index in [9.17, 15) is 5.11 Å². The van der Waals surface area contributed by atoms with Crippen LogP contribution < -0.4 is 4.90 Å². The van der Waals surface area contributed by atoms with Crippen molar-refractivity contribution in [2.24, 2.45) is 0 Å². The van der Waals surface area contributed by atoms with Gasteiger partial charge in [0.2, 0.25) is 0 Å². The van der Waals surface area contributed by atoms with E-state index < -0.39 is 0 Å². The summed E-state index contributed by atoms with van der Waals surface area (Å²) < 4.78 is 0. The number of phenols is 1. The van der Waals surface area contributed by atoms with Crippen LogP contribution in [0, 0.1) is 0 Å². The molecule has 4 rings (SSSR count). The molecule has 1 N–H and O–H groups in total. The lowest BCUT2D eigenvalue weighted by atomic mass is 9.90. The fourth-order valence-electron chi connectivity index (χ4n) is 3.98. The SMILES string of the molecule is CN1C[C@@H](CCl)c2c1cc(O)c1ccc3c(c21)CCC3. The Morgan fingerprint density at radius 3 is 3.00 bits per heavy atom. The van der Waals surface area contributed by atoms with E-state index in [1.807, 2.05) is 6.07 Å². The highest BCUT2D eigenvalue weighted by Crippen LogP contribution is 2.47. The summed E-state index contributed by atoms with van der Waals surface area (Å²) in [4.78, 5) is 2.22. The van der Waals surface area contributed by atoms with Crippen molar-refractivity contribution in [1.82, 2.24) is 0 Å². The Balaban J connectivity index is 2.14. The van der Waals surface area contributed by atoms with Crippen molar-refractivity contribution >= 4 is 28.1 Å². The minimum Gasteiger partial charge on any atom is -0.507 e. The van der Waals surface area contributed by atoms with E-state index in [-0.39, 0.29) is 0 Å². The molecule has 2 aromatic rings. The summed E-state index contributed by atoms with van der Waals surface area (Å²) in [5, 5.41) is 12.7. The number of alkyl halides is 1. The average Bonchev–Trinajstić information content (AvgIpc) is 3.03. The van der Waals surface area contributed by atoms with Crippen LogP contribution in [-0.2, 0) is 12.8 Å². The summed E-state index contributed by atoms with van der Waals surface area (Å²) in [6.07, 6.45) is 3.51. The molecule has 2 nitrogen and oxygen atoms in total. The predicted octanol–water partition coefficient (Wildman–Crippen LogP) is 3.81. The summed E-state index contributed by atoms with van der Waals surface area (Å²) in [5.74, 6) is 1.41. The monoisotopic (exact) mass is 287 g/mol. The summed E-state index contributed by atoms with van der Waals surface area (Å²) in [7, 11) is 2.08. The third-order valence-corrected chi connectivity index (χ3v) is 5.25. The second-order valence-electron chi connectivity index (χ2n) is 6.04. The van der Waals surface area contributed by atoms with E-state index in [1.54, 1.807) is 0 Å². The number of anilines is 1. The normalized spacial score (nSPS) is 20.5. The number of halogens is 1. The maximum Gasteiger partial charge on any atom is 0.125 e. The lowest BCUT2D eigenvalue weighted by Crippen LogP contribution is -2.15. The van der Waals surface area contributed by atoms with E-state index in [1.165, 1.54) is 28.5 Å². The van der Waals surface area contributed by atoms with Crippen molar-refractivity contribution in [3.05, 3.63) is 34.9 Å². The first-order valence-corrected chi connectivity index (χ1v) is 7.81. The molecule has 0 aromatic heterocycles. The molecular formula is C17H18ClNO. The van der Waals surface area contributed by atoms with Crippen LogP contribution in [-0.4, -0.2) is 24.6 Å². The Labute approximate surface area is 124 Å². The predicted molar refractivity (Wildman–Crippen MR) is 84.4 cm³/mol. The number of aromatic hydroxyl groups is 1. The number of hydrogen-bond acceptors (Lipinski definition) is 2. The van der Waals surface area contributed by atoms with E-state index in [0.717, 1.165) is 30.5 Å². The van der Waals surface area contributed by atoms with E-state index in [4.69, 9.17) is 11.6 Å². The zero-order chi connectivity index (χ0) is 13.9. The van der Waals surface area contributed by atoms with Crippen LogP contribution in [0.4, 0.5) is 5.69 Å². The molecule has 1 atom stereocenters. The highest BCUT2D eigenvalue weighted by Gasteiger charge is 2.31. The van der Waals surface area contributed by atoms with Gasteiger partial charge in [-0.15, -0.1) is 11.6 Å². The van der Waals surface area contributed by atoms with Crippen LogP contribution in [0.25, 0.3) is 10.8 Å². The quantitative estimate of drug-likeness (QED) is 0.806. The lowest BCUT2D eigenvalue weighted by molar-refractivity contribution is 0.481. The van der Waals surface area contributed by atoms with Gasteiger partial charge in [0.15, 0.2) is 0 Å². The first-order valence-electron chi connectivity index (χ1n) is 7.28. The van der Waals surface area contributed by atoms with Gasteiger partial charge in [-0.2, -0.15) is 0 Å². The third-order valence-electron chi connectivity index (χ3n) is 4.88. The molecule has 0 amide bonds. The molecule has 1 aliphatic heterocycles. The van der Waals surface area contributed by atoms with Gasteiger partial charge in [-0.05, 0) is 41.3 Å². The number of likely N-dealkylation sites (N-methyl/N-ethyl adjacent to an activating group) is 1. The molecule has 0 unspecified atom stereocenters. The molecule has 2 aromatic carbocycles. The second kappa shape index (κ2) is 4.29. The Morgan fingerprint density at radius 1 is 1.35 bits per heavy atom. The second-order valence-corrected chi connectivity index (χ2v) is 6.35. The van der Waals surface area contributed by atoms with Gasteiger partial charge in [-0.3, -0.25) is 0 Å². The Hall–Kier alpha value is -1.41. The van der Waals surface area contributed by atoms with Crippen molar-refractivity contribution in [1.29, 1.82) is 0 Å². The number of nitrogens with zero attached hydrogens (tertiary/aromatic N) is 1. The number of rotatable bonds is 1. The number of benzene rings is 2. The van der Waals surface area contributed by atoms with Gasteiger partial charge in [0, 0.05) is 42.5 Å². The summed E-state index contributed by atoms with van der Waals surface area (Å²) in [5.41, 5.74) is 5.41. The van der Waals surface area contributed by atoms with Gasteiger partial charge in [0.1, 0.15) is 5.75 Å². The van der Waals surface area contributed by atoms with Crippen molar-refractivity contribution < 1.29 is 5.11 Å². The van der Waals surface area contributed by atoms with Gasteiger partial charge in [0.25, 0.3) is 0 Å². The van der Waals surface area contributed by atoms with Gasteiger partial charge in [-0.25, -0.2) is 0 Å². The first kappa shape index (κ1) is 12.3. The van der Waals surface area contributed by atoms with Crippen LogP contribution in [0.3, 0.4) is 0 Å². The summed E-state index contributed by atoms with van der Waals surface area (Å²) in [6, 6.07) is 6.18. The summed E-state index contributed by atoms with van der Waals surface area (Å²) in [6.45, 7) is 0.945. The molecule has 1 heterocycles. The fourth-order valence-corrected chi connectivity index (χ4v) is 4.23. The van der Waals surface area contributed by atoms with E-state index in [0.29, 0.717) is 17.5 Å². The molecule has 104 valence electrons. The molecule has 3 heteroatoms. The van der Waals surface area contributed by atoms with Crippen LogP contribution in [0.5, 0.6) is 5.75 Å². The van der Waals surface area contributed by atoms with Crippen molar-refractivity contribution in [3.8, 4) is 5.75 Å². The van der Waals surface area contributed by atoms with Crippen molar-refractivity contribution in [2.45, 2.75) is 25.2 Å². The first-order chi connectivity index (χ1) is 9.70. The maximum atomic E-state index is 10.4. The molecule has 0 fully saturated rings. The zero-order valence-electron chi connectivity index (χ0n) is 11.6.